The Morgan fingerprint density at radius 2 is 2.00 bits per heavy atom. The van der Waals surface area contributed by atoms with Gasteiger partial charge in [0.25, 0.3) is 0 Å². The molecule has 0 heterocycles. The van der Waals surface area contributed by atoms with Crippen molar-refractivity contribution >= 4 is 43.2 Å². The molecule has 1 amide bonds. The van der Waals surface area contributed by atoms with Crippen molar-refractivity contribution in [3.63, 3.8) is 0 Å². The predicted octanol–water partition coefficient (Wildman–Crippen LogP) is 3.72. The molecule has 4 nitrogen and oxygen atoms in total. The number of carboxylic acids is 1. The number of amides is 1. The van der Waals surface area contributed by atoms with Crippen molar-refractivity contribution in [2.75, 3.05) is 0 Å². The van der Waals surface area contributed by atoms with Crippen LogP contribution in [0, 0.1) is 5.92 Å². The summed E-state index contributed by atoms with van der Waals surface area (Å²) in [5, 5.41) is 9.77. The maximum atomic E-state index is 11.7. The van der Waals surface area contributed by atoms with Gasteiger partial charge in [0.1, 0.15) is 5.92 Å². The average Bonchev–Trinajstić information content (AvgIpc) is 2.33. The van der Waals surface area contributed by atoms with E-state index < -0.39 is 30.7 Å². The van der Waals surface area contributed by atoms with Gasteiger partial charge in [0, 0.05) is 19.5 Å². The molecule has 0 saturated carbocycles. The number of hydrogen-bond acceptors (Lipinski definition) is 2. The summed E-state index contributed by atoms with van der Waals surface area (Å²) in [4.78, 5) is 21.6. The van der Waals surface area contributed by atoms with E-state index in [0.29, 0.717) is 6.42 Å². The Bertz CT molecular complexity index is 539. The van der Waals surface area contributed by atoms with E-state index in [0.717, 1.165) is 5.57 Å². The van der Waals surface area contributed by atoms with E-state index in [-0.39, 0.29) is 17.0 Å². The lowest BCUT2D eigenvalue weighted by atomic mass is 9.81. The van der Waals surface area contributed by atoms with E-state index in [9.17, 15) is 14.7 Å². The summed E-state index contributed by atoms with van der Waals surface area (Å²) in [6, 6.07) is 0. The SMILES string of the molecule is CC(C1(Cl)C=C(CCC(N)=O)C=C(Cl)C1C(=O)O)[Si](C)(C)C. The molecular formula is C15H23Cl2NO3Si. The molecule has 22 heavy (non-hydrogen) atoms. The van der Waals surface area contributed by atoms with Crippen molar-refractivity contribution in [3.05, 3.63) is 22.8 Å². The first-order chi connectivity index (χ1) is 9.89. The third-order valence-corrected chi connectivity index (χ3v) is 8.56. The highest BCUT2D eigenvalue weighted by Crippen LogP contribution is 2.50. The van der Waals surface area contributed by atoms with E-state index in [2.05, 4.69) is 19.6 Å². The average molecular weight is 364 g/mol. The van der Waals surface area contributed by atoms with Gasteiger partial charge in [-0.25, -0.2) is 0 Å². The van der Waals surface area contributed by atoms with Gasteiger partial charge in [-0.3, -0.25) is 9.59 Å². The standard InChI is InChI=1S/C15H23Cl2NO3Si/c1-9(22(2,3)4)15(17)8-10(5-6-12(18)19)7-11(16)13(15)14(20)21/h7-9,13H,5-6H2,1-4H3,(H2,18,19)(H,20,21). The molecule has 1 aliphatic carbocycles. The van der Waals surface area contributed by atoms with Crippen molar-refractivity contribution in [1.82, 2.24) is 0 Å². The summed E-state index contributed by atoms with van der Waals surface area (Å²) in [6.45, 7) is 8.41. The van der Waals surface area contributed by atoms with Crippen LogP contribution in [0.2, 0.25) is 25.2 Å². The zero-order chi connectivity index (χ0) is 17.3. The Morgan fingerprint density at radius 3 is 2.41 bits per heavy atom. The molecule has 0 spiro atoms. The van der Waals surface area contributed by atoms with Gasteiger partial charge >= 0.3 is 5.97 Å². The van der Waals surface area contributed by atoms with E-state index in [1.807, 2.05) is 6.92 Å². The van der Waals surface area contributed by atoms with Crippen molar-refractivity contribution in [1.29, 1.82) is 0 Å². The highest BCUT2D eigenvalue weighted by Gasteiger charge is 2.51. The number of allylic oxidation sites excluding steroid dienone is 3. The molecule has 3 unspecified atom stereocenters. The molecule has 3 N–H and O–H groups in total. The van der Waals surface area contributed by atoms with E-state index in [1.54, 1.807) is 12.2 Å². The number of nitrogens with two attached hydrogens (primary N) is 1. The zero-order valence-corrected chi connectivity index (χ0v) is 15.8. The van der Waals surface area contributed by atoms with Crippen LogP contribution >= 0.6 is 23.2 Å². The Kier molecular flexibility index (Phi) is 5.92. The van der Waals surface area contributed by atoms with Crippen LogP contribution in [0.25, 0.3) is 0 Å². The summed E-state index contributed by atoms with van der Waals surface area (Å²) >= 11 is 13.0. The normalized spacial score (nSPS) is 26.9. The van der Waals surface area contributed by atoms with Gasteiger partial charge in [-0.2, -0.15) is 0 Å². The number of hydrogen-bond donors (Lipinski definition) is 2. The van der Waals surface area contributed by atoms with Gasteiger partial charge < -0.3 is 10.8 Å². The lowest BCUT2D eigenvalue weighted by molar-refractivity contribution is -0.141. The maximum Gasteiger partial charge on any atom is 0.314 e. The lowest BCUT2D eigenvalue weighted by Gasteiger charge is -2.43. The van der Waals surface area contributed by atoms with Gasteiger partial charge in [-0.1, -0.05) is 44.2 Å². The third-order valence-electron chi connectivity index (χ3n) is 4.32. The molecule has 0 saturated heterocycles. The molecule has 0 aromatic carbocycles. The van der Waals surface area contributed by atoms with Crippen LogP contribution in [0.15, 0.2) is 22.8 Å². The Morgan fingerprint density at radius 1 is 1.45 bits per heavy atom. The molecule has 0 radical (unpaired) electrons. The van der Waals surface area contributed by atoms with E-state index in [4.69, 9.17) is 28.9 Å². The first-order valence-electron chi connectivity index (χ1n) is 7.18. The van der Waals surface area contributed by atoms with Crippen molar-refractivity contribution < 1.29 is 14.7 Å². The van der Waals surface area contributed by atoms with Crippen LogP contribution in [0.3, 0.4) is 0 Å². The van der Waals surface area contributed by atoms with Crippen LogP contribution in [-0.2, 0) is 9.59 Å². The number of alkyl halides is 1. The maximum absolute atomic E-state index is 11.7. The summed E-state index contributed by atoms with van der Waals surface area (Å²) in [5.74, 6) is -2.43. The Hall–Kier alpha value is -0.783. The van der Waals surface area contributed by atoms with Crippen LogP contribution in [0.1, 0.15) is 19.8 Å². The molecule has 0 aromatic heterocycles. The van der Waals surface area contributed by atoms with Crippen molar-refractivity contribution in [2.45, 2.75) is 49.8 Å². The largest absolute Gasteiger partial charge is 0.481 e. The van der Waals surface area contributed by atoms with Gasteiger partial charge in [0.2, 0.25) is 5.91 Å². The first-order valence-corrected chi connectivity index (χ1v) is 11.5. The van der Waals surface area contributed by atoms with Gasteiger partial charge in [0.15, 0.2) is 0 Å². The molecule has 0 fully saturated rings. The number of halogens is 2. The number of primary amides is 1. The fourth-order valence-corrected chi connectivity index (χ4v) is 6.02. The van der Waals surface area contributed by atoms with E-state index >= 15 is 0 Å². The number of carboxylic acid groups (broad SMARTS) is 1. The first kappa shape index (κ1) is 19.3. The monoisotopic (exact) mass is 363 g/mol. The summed E-state index contributed by atoms with van der Waals surface area (Å²) in [6.07, 6.45) is 3.95. The minimum atomic E-state index is -1.73. The lowest BCUT2D eigenvalue weighted by Crippen LogP contribution is -2.48. The van der Waals surface area contributed by atoms with Gasteiger partial charge in [-0.15, -0.1) is 11.6 Å². The second-order valence-electron chi connectivity index (χ2n) is 6.90. The fourth-order valence-electron chi connectivity index (χ4n) is 2.64. The molecular weight excluding hydrogens is 341 g/mol. The number of carbonyl (C=O) groups is 2. The minimum absolute atomic E-state index is 0.0196. The van der Waals surface area contributed by atoms with Crippen molar-refractivity contribution in [3.8, 4) is 0 Å². The van der Waals surface area contributed by atoms with Crippen LogP contribution in [0.4, 0.5) is 0 Å². The second kappa shape index (κ2) is 6.77. The molecule has 3 atom stereocenters. The molecule has 1 aliphatic rings. The van der Waals surface area contributed by atoms with Gasteiger partial charge in [0.05, 0.1) is 4.87 Å². The van der Waals surface area contributed by atoms with Gasteiger partial charge in [-0.05, 0) is 23.6 Å². The van der Waals surface area contributed by atoms with Crippen LogP contribution in [-0.4, -0.2) is 29.9 Å². The summed E-state index contributed by atoms with van der Waals surface area (Å²) in [7, 11) is -1.73. The molecule has 0 bridgehead atoms. The van der Waals surface area contributed by atoms with Crippen molar-refractivity contribution in [2.24, 2.45) is 11.7 Å². The smallest absolute Gasteiger partial charge is 0.314 e. The quantitative estimate of drug-likeness (QED) is 0.557. The highest BCUT2D eigenvalue weighted by molar-refractivity contribution is 6.78. The number of carbonyl (C=O) groups excluding carboxylic acids is 1. The van der Waals surface area contributed by atoms with Crippen LogP contribution in [0.5, 0.6) is 0 Å². The molecule has 0 aromatic rings. The second-order valence-corrected chi connectivity index (χ2v) is 13.6. The third kappa shape index (κ3) is 4.15. The molecule has 1 rings (SSSR count). The minimum Gasteiger partial charge on any atom is -0.481 e. The topological polar surface area (TPSA) is 80.4 Å². The van der Waals surface area contributed by atoms with E-state index in [1.165, 1.54) is 0 Å². The summed E-state index contributed by atoms with van der Waals surface area (Å²) < 4.78 is 0. The fraction of sp³-hybridized carbons (Fsp3) is 0.600. The highest BCUT2D eigenvalue weighted by atomic mass is 35.5. The number of rotatable bonds is 6. The zero-order valence-electron chi connectivity index (χ0n) is 13.3. The predicted molar refractivity (Wildman–Crippen MR) is 92.9 cm³/mol. The Balaban J connectivity index is 3.30. The Labute approximate surface area is 142 Å². The van der Waals surface area contributed by atoms with Crippen LogP contribution < -0.4 is 5.73 Å². The molecule has 0 aliphatic heterocycles. The molecule has 7 heteroatoms. The summed E-state index contributed by atoms with van der Waals surface area (Å²) in [5.41, 5.74) is 5.92. The number of aliphatic carboxylic acids is 1. The molecule has 124 valence electrons.